The quantitative estimate of drug-likeness (QED) is 0.810. The molecule has 12 heavy (non-hydrogen) atoms. The van der Waals surface area contributed by atoms with Crippen molar-refractivity contribution in [3.8, 4) is 0 Å². The number of nitrogens with one attached hydrogen (secondary N) is 2. The van der Waals surface area contributed by atoms with E-state index in [1.807, 2.05) is 0 Å². The van der Waals surface area contributed by atoms with Crippen molar-refractivity contribution in [2.75, 3.05) is 0 Å². The molecule has 0 saturated heterocycles. The number of carbonyl (C=O) groups is 1. The molecule has 0 spiro atoms. The largest absolute Gasteiger partial charge is 0.665 e. The van der Waals surface area contributed by atoms with Crippen LogP contribution in [-0.4, -0.2) is 27.1 Å². The molecule has 1 atom stereocenters. The van der Waals surface area contributed by atoms with Gasteiger partial charge >= 0.3 is 0 Å². The second-order valence-electron chi connectivity index (χ2n) is 2.17. The van der Waals surface area contributed by atoms with Crippen molar-refractivity contribution in [1.29, 1.82) is 0 Å². The van der Waals surface area contributed by atoms with Crippen LogP contribution in [0.4, 0.5) is 0 Å². The summed E-state index contributed by atoms with van der Waals surface area (Å²) < 4.78 is 0. The van der Waals surface area contributed by atoms with Crippen LogP contribution in [0.3, 0.4) is 0 Å². The van der Waals surface area contributed by atoms with Crippen molar-refractivity contribution in [3.63, 3.8) is 0 Å². The molecule has 64 valence electrons. The van der Waals surface area contributed by atoms with E-state index in [2.05, 4.69) is 9.97 Å². The maximum absolute atomic E-state index is 10.2. The van der Waals surface area contributed by atoms with Crippen molar-refractivity contribution < 1.29 is 36.1 Å². The predicted octanol–water partition coefficient (Wildman–Crippen LogP) is 0.455. The van der Waals surface area contributed by atoms with Crippen LogP contribution >= 0.6 is 0 Å². The van der Waals surface area contributed by atoms with Crippen molar-refractivity contribution in [2.24, 2.45) is 0 Å². The van der Waals surface area contributed by atoms with E-state index in [1.165, 1.54) is 12.5 Å². The first-order chi connectivity index (χ1) is 5.20. The van der Waals surface area contributed by atoms with Crippen LogP contribution < -0.4 is 0 Å². The van der Waals surface area contributed by atoms with Crippen molar-refractivity contribution >= 4 is 5.97 Å². The predicted molar refractivity (Wildman–Crippen MR) is 38.0 cm³/mol. The molecule has 0 bridgehead atoms. The molecule has 1 rings (SSSR count). The van der Waals surface area contributed by atoms with E-state index in [-0.39, 0.29) is 32.6 Å². The molecule has 0 amide bonds. The molecule has 0 unspecified atom stereocenters. The first-order valence-electron chi connectivity index (χ1n) is 3.11. The molecule has 0 aliphatic rings. The normalized spacial score (nSPS) is 11.8. The third-order valence-electron chi connectivity index (χ3n) is 1.28. The van der Waals surface area contributed by atoms with Gasteiger partial charge in [-0.1, -0.05) is 0 Å². The molecule has 0 fully saturated rings. The maximum Gasteiger partial charge on any atom is 0.285 e. The van der Waals surface area contributed by atoms with Crippen LogP contribution in [0.2, 0.25) is 0 Å². The van der Waals surface area contributed by atoms with Crippen LogP contribution in [-0.2, 0) is 37.4 Å². The maximum atomic E-state index is 10.2. The zero-order valence-corrected chi connectivity index (χ0v) is 8.70. The Kier molecular flexibility index (Phi) is 5.01. The first-order valence-corrected chi connectivity index (χ1v) is 3.11. The van der Waals surface area contributed by atoms with Crippen molar-refractivity contribution in [2.45, 2.75) is 12.5 Å². The van der Waals surface area contributed by atoms with E-state index >= 15 is 0 Å². The van der Waals surface area contributed by atoms with Crippen LogP contribution in [0.15, 0.2) is 12.5 Å². The number of H-pyrrole nitrogens is 1. The summed E-state index contributed by atoms with van der Waals surface area (Å²) >= 11 is 0. The smallest absolute Gasteiger partial charge is 0.285 e. The molecule has 6 heteroatoms. The average molecular weight is 245 g/mol. The molecule has 0 aliphatic heterocycles. The third kappa shape index (κ3) is 3.28. The number of aliphatic carboxylic acids is 1. The summed E-state index contributed by atoms with van der Waals surface area (Å²) in [6.45, 7) is 0. The van der Waals surface area contributed by atoms with E-state index in [0.717, 1.165) is 0 Å². The second-order valence-corrected chi connectivity index (χ2v) is 2.17. The van der Waals surface area contributed by atoms with E-state index in [4.69, 9.17) is 10.8 Å². The van der Waals surface area contributed by atoms with E-state index in [1.54, 1.807) is 0 Å². The SMILES string of the molecule is [NH-][C@@H](Cc1cnc[nH]1)C(=O)O.[Zr]. The number of hydrogen-bond donors (Lipinski definition) is 2. The van der Waals surface area contributed by atoms with Gasteiger partial charge in [-0.15, -0.1) is 0 Å². The number of aromatic nitrogens is 2. The Balaban J connectivity index is 0.00000121. The molecule has 1 aromatic rings. The molecule has 5 nitrogen and oxygen atoms in total. The Morgan fingerprint density at radius 2 is 2.50 bits per heavy atom. The topological polar surface area (TPSA) is 89.8 Å². The van der Waals surface area contributed by atoms with E-state index < -0.39 is 12.0 Å². The summed E-state index contributed by atoms with van der Waals surface area (Å²) in [4.78, 5) is 16.6. The fraction of sp³-hybridized carbons (Fsp3) is 0.333. The summed E-state index contributed by atoms with van der Waals surface area (Å²) in [7, 11) is 0. The van der Waals surface area contributed by atoms with Gasteiger partial charge in [0.1, 0.15) is 0 Å². The summed E-state index contributed by atoms with van der Waals surface area (Å²) in [5.41, 5.74) is 7.73. The Bertz CT molecular complexity index is 237. The van der Waals surface area contributed by atoms with Gasteiger partial charge in [-0.2, -0.15) is 0 Å². The molecule has 0 aliphatic carbocycles. The Morgan fingerprint density at radius 1 is 1.83 bits per heavy atom. The van der Waals surface area contributed by atoms with Gasteiger partial charge in [-0.25, -0.2) is 4.98 Å². The minimum absolute atomic E-state index is 0. The van der Waals surface area contributed by atoms with Gasteiger partial charge in [-0.05, 0) is 12.5 Å². The number of aromatic amines is 1. The molecular weight excluding hydrogens is 237 g/mol. The summed E-state index contributed by atoms with van der Waals surface area (Å²) in [6, 6.07) is -1.10. The fourth-order valence-electron chi connectivity index (χ4n) is 0.704. The molecular formula is C6H8N3O2Zr-. The Hall–Kier alpha value is -0.477. The minimum atomic E-state index is -1.11. The molecule has 0 radical (unpaired) electrons. The molecule has 1 aromatic heterocycles. The van der Waals surface area contributed by atoms with Crippen LogP contribution in [0.25, 0.3) is 5.73 Å². The summed E-state index contributed by atoms with van der Waals surface area (Å²) in [5, 5.41) is 8.36. The fourth-order valence-corrected chi connectivity index (χ4v) is 0.704. The Morgan fingerprint density at radius 3 is 2.92 bits per heavy atom. The van der Waals surface area contributed by atoms with Crippen LogP contribution in [0.5, 0.6) is 0 Å². The third-order valence-corrected chi connectivity index (χ3v) is 1.28. The monoisotopic (exact) mass is 244 g/mol. The zero-order valence-electron chi connectivity index (χ0n) is 6.24. The van der Waals surface area contributed by atoms with Crippen molar-refractivity contribution in [3.05, 3.63) is 24.0 Å². The summed E-state index contributed by atoms with van der Waals surface area (Å²) in [5.74, 6) is -1.11. The Labute approximate surface area is 88.5 Å². The van der Waals surface area contributed by atoms with Gasteiger partial charge in [-0.3, -0.25) is 4.79 Å². The number of carboxylic acids is 1. The average Bonchev–Trinajstić information content (AvgIpc) is 2.39. The van der Waals surface area contributed by atoms with Gasteiger partial charge < -0.3 is 15.8 Å². The minimum Gasteiger partial charge on any atom is -0.665 e. The van der Waals surface area contributed by atoms with Crippen LogP contribution in [0.1, 0.15) is 5.69 Å². The van der Waals surface area contributed by atoms with Gasteiger partial charge in [0.15, 0.2) is 0 Å². The number of hydrogen-bond acceptors (Lipinski definition) is 2. The molecule has 0 saturated carbocycles. The number of nitrogens with zero attached hydrogens (tertiary/aromatic N) is 1. The standard InChI is InChI=1S/C6H8N3O2.Zr/c7-5(6(10)11)1-4-2-8-3-9-4;/h2-3,5,7H,1H2,(H,8,9)(H,10,11);/q-1;/t5-;/m0./s1. The number of rotatable bonds is 3. The van der Waals surface area contributed by atoms with Gasteiger partial charge in [0, 0.05) is 38.1 Å². The van der Waals surface area contributed by atoms with Gasteiger partial charge in [0.2, 0.25) is 0 Å². The van der Waals surface area contributed by atoms with Crippen molar-refractivity contribution in [1.82, 2.24) is 9.97 Å². The molecule has 1 heterocycles. The zero-order chi connectivity index (χ0) is 8.27. The molecule has 3 N–H and O–H groups in total. The number of carboxylic acid groups (broad SMARTS) is 1. The summed E-state index contributed by atoms with van der Waals surface area (Å²) in [6.07, 6.45) is 3.16. The van der Waals surface area contributed by atoms with Crippen LogP contribution in [0, 0.1) is 0 Å². The second kappa shape index (κ2) is 5.22. The van der Waals surface area contributed by atoms with E-state index in [9.17, 15) is 4.79 Å². The molecule has 0 aromatic carbocycles. The van der Waals surface area contributed by atoms with Gasteiger partial charge in [0.25, 0.3) is 5.97 Å². The van der Waals surface area contributed by atoms with E-state index in [0.29, 0.717) is 5.69 Å². The first kappa shape index (κ1) is 11.5. The van der Waals surface area contributed by atoms with Gasteiger partial charge in [0.05, 0.1) is 6.33 Å². The number of imidazole rings is 1.